The Balaban J connectivity index is 2.57. The van der Waals surface area contributed by atoms with Crippen LogP contribution in [0.25, 0.3) is 0 Å². The second-order valence-corrected chi connectivity index (χ2v) is 3.01. The van der Waals surface area contributed by atoms with Gasteiger partial charge in [0.05, 0.1) is 0 Å². The molecule has 2 amide bonds. The van der Waals surface area contributed by atoms with Crippen LogP contribution in [0.5, 0.6) is 0 Å². The molecule has 0 atom stereocenters. The fourth-order valence-electron chi connectivity index (χ4n) is 0.507. The molecule has 0 saturated heterocycles. The Bertz CT molecular complexity index is 259. The third kappa shape index (κ3) is 2.15. The van der Waals surface area contributed by atoms with Gasteiger partial charge in [-0.15, -0.1) is 10.2 Å². The standard InChI is InChI=1S/C5H8N4OS/c1-3-8-9-5(11-3)7-4(10)6-2/h1-2H3,(H2,6,7,9,10). The highest BCUT2D eigenvalue weighted by molar-refractivity contribution is 7.15. The fourth-order valence-corrected chi connectivity index (χ4v) is 1.09. The lowest BCUT2D eigenvalue weighted by Crippen LogP contribution is -2.24. The summed E-state index contributed by atoms with van der Waals surface area (Å²) in [6, 6.07) is -0.277. The van der Waals surface area contributed by atoms with Crippen LogP contribution in [0.15, 0.2) is 0 Å². The average molecular weight is 172 g/mol. The average Bonchev–Trinajstić information content (AvgIpc) is 2.35. The van der Waals surface area contributed by atoms with Crippen molar-refractivity contribution in [1.29, 1.82) is 0 Å². The quantitative estimate of drug-likeness (QED) is 0.651. The zero-order valence-corrected chi connectivity index (χ0v) is 7.03. The van der Waals surface area contributed by atoms with Gasteiger partial charge in [0.15, 0.2) is 0 Å². The van der Waals surface area contributed by atoms with Gasteiger partial charge in [0.25, 0.3) is 0 Å². The van der Waals surface area contributed by atoms with Crippen LogP contribution in [-0.4, -0.2) is 23.3 Å². The second kappa shape index (κ2) is 3.29. The summed E-state index contributed by atoms with van der Waals surface area (Å²) in [5.74, 6) is 0. The van der Waals surface area contributed by atoms with Gasteiger partial charge in [-0.2, -0.15) is 0 Å². The zero-order valence-electron chi connectivity index (χ0n) is 6.21. The Kier molecular flexibility index (Phi) is 2.37. The van der Waals surface area contributed by atoms with Crippen molar-refractivity contribution in [2.75, 3.05) is 12.4 Å². The Labute approximate surface area is 67.8 Å². The van der Waals surface area contributed by atoms with Crippen LogP contribution in [0.1, 0.15) is 5.01 Å². The minimum atomic E-state index is -0.277. The van der Waals surface area contributed by atoms with E-state index in [1.807, 2.05) is 6.92 Å². The lowest BCUT2D eigenvalue weighted by molar-refractivity contribution is 0.254. The van der Waals surface area contributed by atoms with Gasteiger partial charge in [0.1, 0.15) is 5.01 Å². The molecule has 0 fully saturated rings. The van der Waals surface area contributed by atoms with E-state index in [9.17, 15) is 4.79 Å². The van der Waals surface area contributed by atoms with E-state index in [0.29, 0.717) is 5.13 Å². The van der Waals surface area contributed by atoms with E-state index in [2.05, 4.69) is 20.8 Å². The van der Waals surface area contributed by atoms with Crippen molar-refractivity contribution in [2.24, 2.45) is 0 Å². The molecular weight excluding hydrogens is 164 g/mol. The van der Waals surface area contributed by atoms with Crippen LogP contribution < -0.4 is 10.6 Å². The Morgan fingerprint density at radius 1 is 1.55 bits per heavy atom. The fraction of sp³-hybridized carbons (Fsp3) is 0.400. The molecule has 0 aliphatic rings. The molecule has 0 unspecified atom stereocenters. The molecule has 60 valence electrons. The van der Waals surface area contributed by atoms with E-state index in [-0.39, 0.29) is 6.03 Å². The molecular formula is C5H8N4OS. The predicted molar refractivity (Wildman–Crippen MR) is 42.7 cm³/mol. The maximum absolute atomic E-state index is 10.7. The smallest absolute Gasteiger partial charge is 0.320 e. The van der Waals surface area contributed by atoms with Crippen molar-refractivity contribution in [1.82, 2.24) is 15.5 Å². The first kappa shape index (κ1) is 7.93. The van der Waals surface area contributed by atoms with E-state index in [1.54, 1.807) is 7.05 Å². The van der Waals surface area contributed by atoms with Crippen LogP contribution in [0, 0.1) is 6.92 Å². The molecule has 6 heteroatoms. The Morgan fingerprint density at radius 2 is 2.27 bits per heavy atom. The summed E-state index contributed by atoms with van der Waals surface area (Å²) in [6.45, 7) is 1.83. The Hall–Kier alpha value is -1.17. The number of amides is 2. The summed E-state index contributed by atoms with van der Waals surface area (Å²) in [7, 11) is 1.54. The summed E-state index contributed by atoms with van der Waals surface area (Å²) < 4.78 is 0. The van der Waals surface area contributed by atoms with Gasteiger partial charge in [-0.1, -0.05) is 11.3 Å². The van der Waals surface area contributed by atoms with Crippen molar-refractivity contribution in [3.8, 4) is 0 Å². The highest BCUT2D eigenvalue weighted by Gasteiger charge is 2.02. The number of aryl methyl sites for hydroxylation is 1. The molecule has 2 N–H and O–H groups in total. The van der Waals surface area contributed by atoms with Gasteiger partial charge in [0, 0.05) is 7.05 Å². The van der Waals surface area contributed by atoms with E-state index >= 15 is 0 Å². The van der Waals surface area contributed by atoms with Crippen LogP contribution in [-0.2, 0) is 0 Å². The van der Waals surface area contributed by atoms with Crippen molar-refractivity contribution >= 4 is 22.5 Å². The van der Waals surface area contributed by atoms with E-state index in [4.69, 9.17) is 0 Å². The van der Waals surface area contributed by atoms with Crippen molar-refractivity contribution in [2.45, 2.75) is 6.92 Å². The zero-order chi connectivity index (χ0) is 8.27. The van der Waals surface area contributed by atoms with E-state index in [1.165, 1.54) is 11.3 Å². The minimum Gasteiger partial charge on any atom is -0.341 e. The van der Waals surface area contributed by atoms with E-state index < -0.39 is 0 Å². The summed E-state index contributed by atoms with van der Waals surface area (Å²) in [6.07, 6.45) is 0. The molecule has 0 spiro atoms. The topological polar surface area (TPSA) is 66.9 Å². The van der Waals surface area contributed by atoms with Gasteiger partial charge in [-0.25, -0.2) is 4.79 Å². The number of anilines is 1. The number of hydrogen-bond acceptors (Lipinski definition) is 4. The van der Waals surface area contributed by atoms with Gasteiger partial charge in [-0.3, -0.25) is 5.32 Å². The molecule has 1 rings (SSSR count). The number of hydrogen-bond donors (Lipinski definition) is 2. The van der Waals surface area contributed by atoms with Gasteiger partial charge >= 0.3 is 6.03 Å². The summed E-state index contributed by atoms with van der Waals surface area (Å²) in [4.78, 5) is 10.7. The summed E-state index contributed by atoms with van der Waals surface area (Å²) in [5, 5.41) is 13.7. The van der Waals surface area contributed by atoms with Crippen LogP contribution >= 0.6 is 11.3 Å². The van der Waals surface area contributed by atoms with Crippen molar-refractivity contribution in [3.05, 3.63) is 5.01 Å². The minimum absolute atomic E-state index is 0.277. The molecule has 0 aromatic carbocycles. The highest BCUT2D eigenvalue weighted by atomic mass is 32.1. The van der Waals surface area contributed by atoms with Gasteiger partial charge < -0.3 is 5.32 Å². The van der Waals surface area contributed by atoms with Crippen molar-refractivity contribution < 1.29 is 4.79 Å². The van der Waals surface area contributed by atoms with Crippen molar-refractivity contribution in [3.63, 3.8) is 0 Å². The summed E-state index contributed by atoms with van der Waals surface area (Å²) in [5.41, 5.74) is 0. The summed E-state index contributed by atoms with van der Waals surface area (Å²) >= 11 is 1.34. The largest absolute Gasteiger partial charge is 0.341 e. The number of nitrogens with one attached hydrogen (secondary N) is 2. The monoisotopic (exact) mass is 172 g/mol. The van der Waals surface area contributed by atoms with Crippen LogP contribution in [0.4, 0.5) is 9.93 Å². The number of nitrogens with zero attached hydrogens (tertiary/aromatic N) is 2. The Morgan fingerprint density at radius 3 is 2.73 bits per heavy atom. The molecule has 0 aliphatic carbocycles. The third-order valence-corrected chi connectivity index (χ3v) is 1.73. The lowest BCUT2D eigenvalue weighted by atomic mass is 10.9. The van der Waals surface area contributed by atoms with E-state index in [0.717, 1.165) is 5.01 Å². The molecule has 0 saturated carbocycles. The molecule has 1 aromatic heterocycles. The normalized spacial score (nSPS) is 9.27. The molecule has 11 heavy (non-hydrogen) atoms. The first-order valence-corrected chi connectivity index (χ1v) is 3.83. The maximum atomic E-state index is 10.7. The van der Waals surface area contributed by atoms with Gasteiger partial charge in [-0.05, 0) is 6.92 Å². The molecule has 0 bridgehead atoms. The second-order valence-electron chi connectivity index (χ2n) is 1.83. The first-order chi connectivity index (χ1) is 5.22. The number of carbonyl (C=O) groups is 1. The highest BCUT2D eigenvalue weighted by Crippen LogP contribution is 2.12. The SMILES string of the molecule is CNC(=O)Nc1nnc(C)s1. The van der Waals surface area contributed by atoms with Crippen LogP contribution in [0.2, 0.25) is 0 Å². The number of carbonyl (C=O) groups excluding carboxylic acids is 1. The number of rotatable bonds is 1. The lowest BCUT2D eigenvalue weighted by Gasteiger charge is -1.96. The predicted octanol–water partition coefficient (Wildman–Crippen LogP) is 0.598. The molecule has 0 aliphatic heterocycles. The number of aromatic nitrogens is 2. The molecule has 0 radical (unpaired) electrons. The molecule has 1 aromatic rings. The first-order valence-electron chi connectivity index (χ1n) is 3.01. The molecule has 1 heterocycles. The molecule has 5 nitrogen and oxygen atoms in total. The maximum Gasteiger partial charge on any atom is 0.320 e. The third-order valence-electron chi connectivity index (χ3n) is 0.974. The number of urea groups is 1. The van der Waals surface area contributed by atoms with Gasteiger partial charge in [0.2, 0.25) is 5.13 Å². The van der Waals surface area contributed by atoms with Crippen LogP contribution in [0.3, 0.4) is 0 Å².